The van der Waals surface area contributed by atoms with E-state index in [0.29, 0.717) is 10.7 Å². The molecule has 3 rings (SSSR count). The van der Waals surface area contributed by atoms with Gasteiger partial charge in [-0.25, -0.2) is 8.42 Å². The average molecular weight is 320 g/mol. The monoisotopic (exact) mass is 320 g/mol. The Morgan fingerprint density at radius 2 is 1.82 bits per heavy atom. The lowest BCUT2D eigenvalue weighted by molar-refractivity contribution is 0.273. The van der Waals surface area contributed by atoms with E-state index in [1.807, 2.05) is 0 Å². The second kappa shape index (κ2) is 5.50. The fourth-order valence-corrected chi connectivity index (χ4v) is 3.81. The summed E-state index contributed by atoms with van der Waals surface area (Å²) >= 11 is 0. The van der Waals surface area contributed by atoms with Crippen molar-refractivity contribution in [1.29, 1.82) is 0 Å². The second-order valence-electron chi connectivity index (χ2n) is 6.06. The van der Waals surface area contributed by atoms with Crippen LogP contribution in [0, 0.1) is 0 Å². The first kappa shape index (κ1) is 15.2. The van der Waals surface area contributed by atoms with Gasteiger partial charge in [0.1, 0.15) is 0 Å². The minimum atomic E-state index is -3.19. The van der Waals surface area contributed by atoms with Crippen LogP contribution in [0.25, 0.3) is 11.4 Å². The summed E-state index contributed by atoms with van der Waals surface area (Å²) in [5.74, 6) is 1.24. The quantitative estimate of drug-likeness (QED) is 0.863. The van der Waals surface area contributed by atoms with Crippen LogP contribution >= 0.6 is 0 Å². The molecule has 1 aliphatic carbocycles. The van der Waals surface area contributed by atoms with Crippen LogP contribution in [0.1, 0.15) is 44.9 Å². The van der Waals surface area contributed by atoms with Gasteiger partial charge in [0.2, 0.25) is 11.7 Å². The van der Waals surface area contributed by atoms with Gasteiger partial charge in [0.25, 0.3) is 0 Å². The molecule has 0 bridgehead atoms. The van der Waals surface area contributed by atoms with Crippen molar-refractivity contribution in [1.82, 2.24) is 10.1 Å². The van der Waals surface area contributed by atoms with Crippen LogP contribution in [0.15, 0.2) is 33.7 Å². The number of hydrogen-bond acceptors (Lipinski definition) is 5. The summed E-state index contributed by atoms with van der Waals surface area (Å²) in [6, 6.07) is 6.59. The summed E-state index contributed by atoms with van der Waals surface area (Å²) in [4.78, 5) is 4.86. The number of aromatic nitrogens is 2. The van der Waals surface area contributed by atoms with Gasteiger partial charge in [0, 0.05) is 17.2 Å². The Hall–Kier alpha value is -1.69. The number of hydrogen-bond donors (Lipinski definition) is 0. The Bertz CT molecular complexity index is 757. The van der Waals surface area contributed by atoms with E-state index in [4.69, 9.17) is 4.52 Å². The Balaban J connectivity index is 1.91. The standard InChI is InChI=1S/C16H20N2O3S/c1-3-16(10-4-5-11-16)15-17-14(18-21-15)12-6-8-13(9-7-12)22(2,19)20/h6-9H,3-5,10-11H2,1-2H3. The normalized spacial score (nSPS) is 17.7. The molecule has 2 aromatic rings. The zero-order valence-electron chi connectivity index (χ0n) is 12.9. The predicted molar refractivity (Wildman–Crippen MR) is 83.3 cm³/mol. The van der Waals surface area contributed by atoms with Crippen molar-refractivity contribution in [2.45, 2.75) is 49.3 Å². The number of sulfone groups is 1. The zero-order valence-corrected chi connectivity index (χ0v) is 13.7. The van der Waals surface area contributed by atoms with E-state index < -0.39 is 9.84 Å². The highest BCUT2D eigenvalue weighted by Gasteiger charge is 2.39. The van der Waals surface area contributed by atoms with Crippen LogP contribution in [0.4, 0.5) is 0 Å². The van der Waals surface area contributed by atoms with E-state index in [-0.39, 0.29) is 5.41 Å². The summed E-state index contributed by atoms with van der Waals surface area (Å²) in [6.45, 7) is 2.16. The second-order valence-corrected chi connectivity index (χ2v) is 8.08. The Kier molecular flexibility index (Phi) is 3.80. The molecule has 0 radical (unpaired) electrons. The number of nitrogens with zero attached hydrogens (tertiary/aromatic N) is 2. The summed E-state index contributed by atoms with van der Waals surface area (Å²) in [5, 5.41) is 4.08. The first-order valence-corrected chi connectivity index (χ1v) is 9.48. The summed E-state index contributed by atoms with van der Waals surface area (Å²) in [6.07, 6.45) is 6.79. The third-order valence-electron chi connectivity index (χ3n) is 4.66. The molecule has 0 atom stereocenters. The van der Waals surface area contributed by atoms with Crippen LogP contribution in [0.2, 0.25) is 0 Å². The molecule has 5 nitrogen and oxygen atoms in total. The van der Waals surface area contributed by atoms with Crippen LogP contribution in [-0.4, -0.2) is 24.8 Å². The molecule has 1 heterocycles. The molecule has 0 saturated heterocycles. The SMILES string of the molecule is CCC1(c2nc(-c3ccc(S(C)(=O)=O)cc3)no2)CCCC1. The van der Waals surface area contributed by atoms with Crippen molar-refractivity contribution in [3.05, 3.63) is 30.2 Å². The molecule has 0 spiro atoms. The van der Waals surface area contributed by atoms with Crippen LogP contribution in [0.3, 0.4) is 0 Å². The molecule has 118 valence electrons. The maximum absolute atomic E-state index is 11.5. The summed E-state index contributed by atoms with van der Waals surface area (Å²) in [7, 11) is -3.19. The molecule has 1 aromatic heterocycles. The highest BCUT2D eigenvalue weighted by Crippen LogP contribution is 2.43. The highest BCUT2D eigenvalue weighted by molar-refractivity contribution is 7.90. The first-order chi connectivity index (χ1) is 10.4. The lowest BCUT2D eigenvalue weighted by Crippen LogP contribution is -2.21. The first-order valence-electron chi connectivity index (χ1n) is 7.59. The van der Waals surface area contributed by atoms with E-state index in [2.05, 4.69) is 17.1 Å². The average Bonchev–Trinajstić information content (AvgIpc) is 3.16. The van der Waals surface area contributed by atoms with Gasteiger partial charge < -0.3 is 4.52 Å². The Labute approximate surface area is 130 Å². The third kappa shape index (κ3) is 2.67. The predicted octanol–water partition coefficient (Wildman–Crippen LogP) is 3.36. The van der Waals surface area contributed by atoms with Gasteiger partial charge in [-0.2, -0.15) is 4.98 Å². The minimum Gasteiger partial charge on any atom is -0.338 e. The molecule has 0 amide bonds. The molecule has 22 heavy (non-hydrogen) atoms. The van der Waals surface area contributed by atoms with Crippen molar-refractivity contribution in [3.63, 3.8) is 0 Å². The van der Waals surface area contributed by atoms with Gasteiger partial charge in [0.15, 0.2) is 9.84 Å². The molecule has 6 heteroatoms. The fraction of sp³-hybridized carbons (Fsp3) is 0.500. The van der Waals surface area contributed by atoms with E-state index in [0.717, 1.165) is 30.7 Å². The number of rotatable bonds is 4. The third-order valence-corrected chi connectivity index (χ3v) is 5.79. The molecule has 0 N–H and O–H groups in total. The van der Waals surface area contributed by atoms with Gasteiger partial charge in [-0.3, -0.25) is 0 Å². The van der Waals surface area contributed by atoms with Gasteiger partial charge in [-0.1, -0.05) is 24.9 Å². The smallest absolute Gasteiger partial charge is 0.233 e. The largest absolute Gasteiger partial charge is 0.338 e. The van der Waals surface area contributed by atoms with E-state index in [1.54, 1.807) is 24.3 Å². The highest BCUT2D eigenvalue weighted by atomic mass is 32.2. The van der Waals surface area contributed by atoms with Crippen molar-refractivity contribution >= 4 is 9.84 Å². The van der Waals surface area contributed by atoms with E-state index in [9.17, 15) is 8.42 Å². The van der Waals surface area contributed by atoms with Crippen molar-refractivity contribution in [2.24, 2.45) is 0 Å². The fourth-order valence-electron chi connectivity index (χ4n) is 3.18. The van der Waals surface area contributed by atoms with Gasteiger partial charge >= 0.3 is 0 Å². The number of benzene rings is 1. The van der Waals surface area contributed by atoms with Crippen molar-refractivity contribution < 1.29 is 12.9 Å². The molecule has 1 aromatic carbocycles. The molecular formula is C16H20N2O3S. The van der Waals surface area contributed by atoms with E-state index >= 15 is 0 Å². The van der Waals surface area contributed by atoms with Crippen LogP contribution < -0.4 is 0 Å². The Morgan fingerprint density at radius 1 is 1.18 bits per heavy atom. The summed E-state index contributed by atoms with van der Waals surface area (Å²) in [5.41, 5.74) is 0.796. The van der Waals surface area contributed by atoms with Crippen LogP contribution in [-0.2, 0) is 15.3 Å². The topological polar surface area (TPSA) is 73.1 Å². The molecule has 0 aliphatic heterocycles. The van der Waals surface area contributed by atoms with Crippen molar-refractivity contribution in [2.75, 3.05) is 6.26 Å². The Morgan fingerprint density at radius 3 is 2.36 bits per heavy atom. The zero-order chi connectivity index (χ0) is 15.8. The summed E-state index contributed by atoms with van der Waals surface area (Å²) < 4.78 is 28.5. The van der Waals surface area contributed by atoms with Gasteiger partial charge in [-0.15, -0.1) is 0 Å². The van der Waals surface area contributed by atoms with E-state index in [1.165, 1.54) is 19.1 Å². The maximum Gasteiger partial charge on any atom is 0.233 e. The molecule has 1 saturated carbocycles. The van der Waals surface area contributed by atoms with Crippen LogP contribution in [0.5, 0.6) is 0 Å². The minimum absolute atomic E-state index is 0.0257. The molecule has 1 fully saturated rings. The molecular weight excluding hydrogens is 300 g/mol. The lowest BCUT2D eigenvalue weighted by atomic mass is 9.83. The van der Waals surface area contributed by atoms with Gasteiger partial charge in [0.05, 0.1) is 4.90 Å². The molecule has 1 aliphatic rings. The van der Waals surface area contributed by atoms with Gasteiger partial charge in [-0.05, 0) is 43.5 Å². The van der Waals surface area contributed by atoms with Crippen molar-refractivity contribution in [3.8, 4) is 11.4 Å². The lowest BCUT2D eigenvalue weighted by Gasteiger charge is -2.21. The maximum atomic E-state index is 11.5. The molecule has 0 unspecified atom stereocenters.